The van der Waals surface area contributed by atoms with Gasteiger partial charge in [0, 0.05) is 5.92 Å². The van der Waals surface area contributed by atoms with Gasteiger partial charge >= 0.3 is 0 Å². The number of hydrogen-bond donors (Lipinski definition) is 1. The maximum absolute atomic E-state index is 13.2. The Morgan fingerprint density at radius 1 is 1.30 bits per heavy atom. The summed E-state index contributed by atoms with van der Waals surface area (Å²) in [5, 5.41) is 21.2. The molecule has 120 valence electrons. The van der Waals surface area contributed by atoms with Crippen LogP contribution in [-0.2, 0) is 6.54 Å². The van der Waals surface area contributed by atoms with E-state index < -0.39 is 5.82 Å². The van der Waals surface area contributed by atoms with Gasteiger partial charge in [0.15, 0.2) is 0 Å². The monoisotopic (exact) mass is 352 g/mol. The van der Waals surface area contributed by atoms with Crippen molar-refractivity contribution >= 4 is 28.1 Å². The van der Waals surface area contributed by atoms with Gasteiger partial charge in [-0.3, -0.25) is 0 Å². The molecule has 0 saturated carbocycles. The molecule has 6 nitrogen and oxygen atoms in total. The van der Waals surface area contributed by atoms with Crippen LogP contribution >= 0.6 is 22.9 Å². The van der Waals surface area contributed by atoms with E-state index in [0.717, 1.165) is 15.8 Å². The molecule has 2 heterocycles. The van der Waals surface area contributed by atoms with E-state index in [1.54, 1.807) is 16.9 Å². The summed E-state index contributed by atoms with van der Waals surface area (Å²) in [5.74, 6) is -0.109. The fourth-order valence-corrected chi connectivity index (χ4v) is 2.75. The van der Waals surface area contributed by atoms with Crippen molar-refractivity contribution in [3.63, 3.8) is 0 Å². The summed E-state index contributed by atoms with van der Waals surface area (Å²) in [6.07, 6.45) is 1.75. The summed E-state index contributed by atoms with van der Waals surface area (Å²) < 4.78 is 14.7. The van der Waals surface area contributed by atoms with Crippen LogP contribution in [0, 0.1) is 5.82 Å². The van der Waals surface area contributed by atoms with Crippen LogP contribution in [0.2, 0.25) is 5.02 Å². The van der Waals surface area contributed by atoms with Crippen LogP contribution in [0.25, 0.3) is 5.69 Å². The standard InChI is InChI=1S/C14H14ClFN6S/c1-8(2)13-19-20-14(23-13)17-6-9-7-22(21-18-9)10-3-4-12(16)11(15)5-10/h3-5,7-8H,6H2,1-2H3,(H,17,20). The average Bonchev–Trinajstić information content (AvgIpc) is 3.17. The van der Waals surface area contributed by atoms with Crippen LogP contribution in [0.3, 0.4) is 0 Å². The van der Waals surface area contributed by atoms with Crippen molar-refractivity contribution in [2.75, 3.05) is 5.32 Å². The molecule has 0 aliphatic heterocycles. The number of hydrogen-bond acceptors (Lipinski definition) is 6. The molecule has 1 aromatic carbocycles. The predicted molar refractivity (Wildman–Crippen MR) is 87.7 cm³/mol. The predicted octanol–water partition coefficient (Wildman–Crippen LogP) is 3.65. The van der Waals surface area contributed by atoms with Gasteiger partial charge in [-0.2, -0.15) is 0 Å². The van der Waals surface area contributed by atoms with E-state index in [1.165, 1.54) is 23.5 Å². The van der Waals surface area contributed by atoms with Crippen molar-refractivity contribution < 1.29 is 4.39 Å². The Hall–Kier alpha value is -2.06. The second-order valence-corrected chi connectivity index (χ2v) is 6.62. The first kappa shape index (κ1) is 15.8. The minimum atomic E-state index is -0.463. The number of aromatic nitrogens is 5. The van der Waals surface area contributed by atoms with Gasteiger partial charge in [0.25, 0.3) is 0 Å². The zero-order valence-corrected chi connectivity index (χ0v) is 14.1. The molecule has 0 amide bonds. The second-order valence-electron chi connectivity index (χ2n) is 5.21. The van der Waals surface area contributed by atoms with Crippen molar-refractivity contribution in [1.29, 1.82) is 0 Å². The Morgan fingerprint density at radius 2 is 2.13 bits per heavy atom. The number of rotatable bonds is 5. The minimum Gasteiger partial charge on any atom is -0.354 e. The van der Waals surface area contributed by atoms with Gasteiger partial charge in [-0.05, 0) is 18.2 Å². The number of halogens is 2. The van der Waals surface area contributed by atoms with E-state index in [0.29, 0.717) is 18.2 Å². The van der Waals surface area contributed by atoms with Crippen LogP contribution in [0.5, 0.6) is 0 Å². The molecule has 23 heavy (non-hydrogen) atoms. The zero-order chi connectivity index (χ0) is 16.4. The highest BCUT2D eigenvalue weighted by molar-refractivity contribution is 7.15. The maximum Gasteiger partial charge on any atom is 0.206 e. The number of nitrogens with one attached hydrogen (secondary N) is 1. The fourth-order valence-electron chi connectivity index (χ4n) is 1.84. The lowest BCUT2D eigenvalue weighted by Crippen LogP contribution is -1.99. The zero-order valence-electron chi connectivity index (χ0n) is 12.5. The first-order valence-corrected chi connectivity index (χ1v) is 8.16. The molecule has 0 radical (unpaired) electrons. The second kappa shape index (κ2) is 6.59. The van der Waals surface area contributed by atoms with Crippen LogP contribution in [0.15, 0.2) is 24.4 Å². The summed E-state index contributed by atoms with van der Waals surface area (Å²) in [7, 11) is 0. The highest BCUT2D eigenvalue weighted by atomic mass is 35.5. The summed E-state index contributed by atoms with van der Waals surface area (Å²) in [4.78, 5) is 0. The molecular formula is C14H14ClFN6S. The molecule has 3 rings (SSSR count). The molecule has 3 aromatic rings. The summed E-state index contributed by atoms with van der Waals surface area (Å²) >= 11 is 7.30. The van der Waals surface area contributed by atoms with Gasteiger partial charge in [0.2, 0.25) is 5.13 Å². The van der Waals surface area contributed by atoms with Crippen molar-refractivity contribution in [3.8, 4) is 5.69 Å². The smallest absolute Gasteiger partial charge is 0.206 e. The molecule has 0 saturated heterocycles. The lowest BCUT2D eigenvalue weighted by Gasteiger charge is -2.01. The molecule has 9 heteroatoms. The van der Waals surface area contributed by atoms with Gasteiger partial charge < -0.3 is 5.32 Å². The molecule has 1 N–H and O–H groups in total. The molecule has 0 fully saturated rings. The first-order valence-electron chi connectivity index (χ1n) is 6.97. The summed E-state index contributed by atoms with van der Waals surface area (Å²) in [6, 6.07) is 4.39. The Balaban J connectivity index is 1.68. The van der Waals surface area contributed by atoms with E-state index in [9.17, 15) is 4.39 Å². The Bertz CT molecular complexity index is 815. The third-order valence-corrected chi connectivity index (χ3v) is 4.53. The molecule has 2 aromatic heterocycles. The number of benzene rings is 1. The van der Waals surface area contributed by atoms with E-state index in [-0.39, 0.29) is 5.02 Å². The van der Waals surface area contributed by atoms with Crippen molar-refractivity contribution in [2.24, 2.45) is 0 Å². The Labute approximate surface area is 141 Å². The topological polar surface area (TPSA) is 68.5 Å². The van der Waals surface area contributed by atoms with Gasteiger partial charge in [-0.1, -0.05) is 42.0 Å². The lowest BCUT2D eigenvalue weighted by molar-refractivity contribution is 0.627. The van der Waals surface area contributed by atoms with Crippen LogP contribution in [0.1, 0.15) is 30.5 Å². The Kier molecular flexibility index (Phi) is 4.53. The third-order valence-electron chi connectivity index (χ3n) is 3.06. The summed E-state index contributed by atoms with van der Waals surface area (Å²) in [5.41, 5.74) is 1.37. The average molecular weight is 353 g/mol. The summed E-state index contributed by atoms with van der Waals surface area (Å²) in [6.45, 7) is 4.62. The van der Waals surface area contributed by atoms with E-state index in [2.05, 4.69) is 39.7 Å². The number of anilines is 1. The van der Waals surface area contributed by atoms with Gasteiger partial charge in [0.1, 0.15) is 16.5 Å². The first-order chi connectivity index (χ1) is 11.0. The van der Waals surface area contributed by atoms with Gasteiger partial charge in [-0.15, -0.1) is 15.3 Å². The van der Waals surface area contributed by atoms with Crippen molar-refractivity contribution in [3.05, 3.63) is 45.9 Å². The molecule has 0 spiro atoms. The minimum absolute atomic E-state index is 0.0488. The normalized spacial score (nSPS) is 11.2. The quantitative estimate of drug-likeness (QED) is 0.759. The highest BCUT2D eigenvalue weighted by Crippen LogP contribution is 2.23. The molecule has 0 bridgehead atoms. The van der Waals surface area contributed by atoms with Crippen LogP contribution < -0.4 is 5.32 Å². The lowest BCUT2D eigenvalue weighted by atomic mass is 10.2. The Morgan fingerprint density at radius 3 is 2.83 bits per heavy atom. The molecule has 0 unspecified atom stereocenters. The van der Waals surface area contributed by atoms with Crippen LogP contribution in [0.4, 0.5) is 9.52 Å². The molecular weight excluding hydrogens is 339 g/mol. The molecule has 0 aliphatic carbocycles. The van der Waals surface area contributed by atoms with Crippen molar-refractivity contribution in [2.45, 2.75) is 26.3 Å². The van der Waals surface area contributed by atoms with E-state index in [4.69, 9.17) is 11.6 Å². The SMILES string of the molecule is CC(C)c1nnc(NCc2cn(-c3ccc(F)c(Cl)c3)nn2)s1. The molecule has 0 aliphatic rings. The van der Waals surface area contributed by atoms with Crippen molar-refractivity contribution in [1.82, 2.24) is 25.2 Å². The third kappa shape index (κ3) is 3.65. The van der Waals surface area contributed by atoms with Crippen LogP contribution in [-0.4, -0.2) is 25.2 Å². The fraction of sp³-hybridized carbons (Fsp3) is 0.286. The number of nitrogens with zero attached hydrogens (tertiary/aromatic N) is 5. The van der Waals surface area contributed by atoms with E-state index >= 15 is 0 Å². The highest BCUT2D eigenvalue weighted by Gasteiger charge is 2.09. The van der Waals surface area contributed by atoms with E-state index in [1.807, 2.05) is 0 Å². The maximum atomic E-state index is 13.2. The van der Waals surface area contributed by atoms with Gasteiger partial charge in [-0.25, -0.2) is 9.07 Å². The largest absolute Gasteiger partial charge is 0.354 e. The molecule has 0 atom stereocenters. The van der Waals surface area contributed by atoms with Gasteiger partial charge in [0.05, 0.1) is 23.5 Å².